The fourth-order valence-corrected chi connectivity index (χ4v) is 2.77. The van der Waals surface area contributed by atoms with E-state index in [1.807, 2.05) is 19.1 Å². The number of rotatable bonds is 2. The van der Waals surface area contributed by atoms with Gasteiger partial charge in [-0.25, -0.2) is 0 Å². The van der Waals surface area contributed by atoms with Gasteiger partial charge in [-0.1, -0.05) is 31.2 Å². The molecule has 0 spiro atoms. The van der Waals surface area contributed by atoms with E-state index >= 15 is 0 Å². The zero-order valence-corrected chi connectivity index (χ0v) is 10.8. The zero-order valence-electron chi connectivity index (χ0n) is 10.8. The normalized spacial score (nSPS) is 14.6. The van der Waals surface area contributed by atoms with E-state index in [0.29, 0.717) is 17.8 Å². The average molecular weight is 256 g/mol. The van der Waals surface area contributed by atoms with Crippen molar-refractivity contribution in [2.45, 2.75) is 32.1 Å². The number of hydrogen-bond acceptors (Lipinski definition) is 3. The summed E-state index contributed by atoms with van der Waals surface area (Å²) in [4.78, 5) is 18.9. The summed E-state index contributed by atoms with van der Waals surface area (Å²) in [5, 5.41) is 9.82. The van der Waals surface area contributed by atoms with Crippen molar-refractivity contribution in [3.8, 4) is 5.88 Å². The Morgan fingerprint density at radius 1 is 1.32 bits per heavy atom. The molecule has 0 amide bonds. The van der Waals surface area contributed by atoms with Crippen molar-refractivity contribution in [1.29, 1.82) is 0 Å². The Labute approximate surface area is 111 Å². The molecule has 0 aliphatic heterocycles. The van der Waals surface area contributed by atoms with Crippen LogP contribution >= 0.6 is 0 Å². The summed E-state index contributed by atoms with van der Waals surface area (Å²) in [5.41, 5.74) is 2.74. The van der Waals surface area contributed by atoms with E-state index in [2.05, 4.69) is 22.1 Å². The van der Waals surface area contributed by atoms with Crippen LogP contribution < -0.4 is 5.56 Å². The molecule has 19 heavy (non-hydrogen) atoms. The van der Waals surface area contributed by atoms with E-state index in [0.717, 1.165) is 12.8 Å². The first-order valence-electron chi connectivity index (χ1n) is 6.58. The van der Waals surface area contributed by atoms with Gasteiger partial charge in [0.25, 0.3) is 5.56 Å². The number of aromatic amines is 1. The number of H-pyrrole nitrogens is 1. The third-order valence-electron chi connectivity index (χ3n) is 3.80. The molecule has 0 saturated carbocycles. The highest BCUT2D eigenvalue weighted by atomic mass is 16.3. The summed E-state index contributed by atoms with van der Waals surface area (Å²) in [7, 11) is 0. The lowest BCUT2D eigenvalue weighted by atomic mass is 10.1. The molecule has 0 radical (unpaired) electrons. The molecule has 4 heteroatoms. The Morgan fingerprint density at radius 3 is 2.47 bits per heavy atom. The zero-order chi connectivity index (χ0) is 13.4. The van der Waals surface area contributed by atoms with Crippen LogP contribution in [-0.4, -0.2) is 15.1 Å². The van der Waals surface area contributed by atoms with Crippen LogP contribution in [0.25, 0.3) is 0 Å². The topological polar surface area (TPSA) is 66.0 Å². The van der Waals surface area contributed by atoms with Crippen molar-refractivity contribution < 1.29 is 5.11 Å². The van der Waals surface area contributed by atoms with Crippen molar-refractivity contribution in [3.63, 3.8) is 0 Å². The smallest absolute Gasteiger partial charge is 0.257 e. The van der Waals surface area contributed by atoms with Crippen molar-refractivity contribution in [2.75, 3.05) is 0 Å². The number of aromatic hydroxyl groups is 1. The van der Waals surface area contributed by atoms with Crippen LogP contribution in [0.5, 0.6) is 5.88 Å². The first-order chi connectivity index (χ1) is 9.19. The maximum absolute atomic E-state index is 11.9. The minimum Gasteiger partial charge on any atom is -0.493 e. The van der Waals surface area contributed by atoms with Crippen LogP contribution in [0.1, 0.15) is 35.4 Å². The van der Waals surface area contributed by atoms with Gasteiger partial charge in [0.1, 0.15) is 5.82 Å². The number of hydrogen-bond donors (Lipinski definition) is 2. The molecule has 0 bridgehead atoms. The first-order valence-corrected chi connectivity index (χ1v) is 6.58. The molecule has 0 saturated heterocycles. The molecule has 2 aromatic rings. The highest BCUT2D eigenvalue weighted by Gasteiger charge is 2.25. The predicted octanol–water partition coefficient (Wildman–Crippen LogP) is 1.92. The van der Waals surface area contributed by atoms with Gasteiger partial charge in [0.2, 0.25) is 5.88 Å². The van der Waals surface area contributed by atoms with E-state index in [4.69, 9.17) is 0 Å². The van der Waals surface area contributed by atoms with E-state index in [1.54, 1.807) is 0 Å². The largest absolute Gasteiger partial charge is 0.493 e. The maximum atomic E-state index is 11.9. The van der Waals surface area contributed by atoms with Gasteiger partial charge in [-0.05, 0) is 30.4 Å². The Kier molecular flexibility index (Phi) is 2.85. The van der Waals surface area contributed by atoms with E-state index in [9.17, 15) is 9.90 Å². The fraction of sp³-hybridized carbons (Fsp3) is 0.333. The van der Waals surface area contributed by atoms with Gasteiger partial charge in [-0.3, -0.25) is 4.79 Å². The van der Waals surface area contributed by atoms with Gasteiger partial charge >= 0.3 is 0 Å². The first kappa shape index (κ1) is 12.0. The summed E-state index contributed by atoms with van der Waals surface area (Å²) >= 11 is 0. The van der Waals surface area contributed by atoms with E-state index in [1.165, 1.54) is 11.1 Å². The highest BCUT2D eigenvalue weighted by Crippen LogP contribution is 2.32. The monoisotopic (exact) mass is 256 g/mol. The van der Waals surface area contributed by atoms with Crippen LogP contribution in [0.3, 0.4) is 0 Å². The third kappa shape index (κ3) is 2.03. The SMILES string of the molecule is CCc1c(O)nc(C2Cc3ccccc3C2)[nH]c1=O. The van der Waals surface area contributed by atoms with Crippen molar-refractivity contribution in [3.05, 3.63) is 57.1 Å². The predicted molar refractivity (Wildman–Crippen MR) is 72.5 cm³/mol. The second-order valence-electron chi connectivity index (χ2n) is 4.98. The van der Waals surface area contributed by atoms with Crippen LogP contribution in [0.4, 0.5) is 0 Å². The molecular weight excluding hydrogens is 240 g/mol. The summed E-state index contributed by atoms with van der Waals surface area (Å²) in [5.74, 6) is 0.620. The second-order valence-corrected chi connectivity index (χ2v) is 4.98. The maximum Gasteiger partial charge on any atom is 0.257 e. The molecule has 4 nitrogen and oxygen atoms in total. The summed E-state index contributed by atoms with van der Waals surface area (Å²) < 4.78 is 0. The summed E-state index contributed by atoms with van der Waals surface area (Å²) in [6.07, 6.45) is 2.22. The van der Waals surface area contributed by atoms with Gasteiger partial charge in [-0.15, -0.1) is 0 Å². The van der Waals surface area contributed by atoms with Gasteiger partial charge in [0.05, 0.1) is 5.56 Å². The number of nitrogens with zero attached hydrogens (tertiary/aromatic N) is 1. The third-order valence-corrected chi connectivity index (χ3v) is 3.80. The molecule has 0 atom stereocenters. The number of nitrogens with one attached hydrogen (secondary N) is 1. The number of fused-ring (bicyclic) bond motifs is 1. The minimum absolute atomic E-state index is 0.128. The second kappa shape index (κ2) is 4.53. The number of benzene rings is 1. The van der Waals surface area contributed by atoms with E-state index < -0.39 is 0 Å². The Bertz CT molecular complexity index is 651. The Hall–Kier alpha value is -2.10. The minimum atomic E-state index is -0.221. The van der Waals surface area contributed by atoms with Gasteiger partial charge in [-0.2, -0.15) is 4.98 Å². The lowest BCUT2D eigenvalue weighted by Gasteiger charge is -2.09. The molecular formula is C15H16N2O2. The lowest BCUT2D eigenvalue weighted by molar-refractivity contribution is 0.436. The van der Waals surface area contributed by atoms with Crippen LogP contribution in [0.15, 0.2) is 29.1 Å². The molecule has 1 aliphatic rings. The molecule has 2 N–H and O–H groups in total. The Morgan fingerprint density at radius 2 is 1.95 bits per heavy atom. The molecule has 1 heterocycles. The van der Waals surface area contributed by atoms with E-state index in [-0.39, 0.29) is 17.4 Å². The highest BCUT2D eigenvalue weighted by molar-refractivity contribution is 5.35. The van der Waals surface area contributed by atoms with Gasteiger partial charge < -0.3 is 10.1 Å². The molecule has 0 fully saturated rings. The average Bonchev–Trinajstić information content (AvgIpc) is 2.82. The lowest BCUT2D eigenvalue weighted by Crippen LogP contribution is -2.18. The molecule has 98 valence electrons. The summed E-state index contributed by atoms with van der Waals surface area (Å²) in [6, 6.07) is 8.26. The molecule has 1 aromatic carbocycles. The Balaban J connectivity index is 1.96. The molecule has 1 aliphatic carbocycles. The quantitative estimate of drug-likeness (QED) is 0.862. The van der Waals surface area contributed by atoms with Crippen LogP contribution in [-0.2, 0) is 19.3 Å². The fourth-order valence-electron chi connectivity index (χ4n) is 2.77. The molecule has 0 unspecified atom stereocenters. The van der Waals surface area contributed by atoms with Crippen molar-refractivity contribution in [2.24, 2.45) is 0 Å². The standard InChI is InChI=1S/C15H16N2O2/c1-2-12-14(18)16-13(17-15(12)19)11-7-9-5-3-4-6-10(9)8-11/h3-6,11H,2,7-8H2,1H3,(H2,16,17,18,19). The van der Waals surface area contributed by atoms with Crippen LogP contribution in [0, 0.1) is 0 Å². The van der Waals surface area contributed by atoms with Crippen molar-refractivity contribution >= 4 is 0 Å². The molecule has 1 aromatic heterocycles. The van der Waals surface area contributed by atoms with Gasteiger partial charge in [0.15, 0.2) is 0 Å². The van der Waals surface area contributed by atoms with Gasteiger partial charge in [0, 0.05) is 5.92 Å². The van der Waals surface area contributed by atoms with Crippen molar-refractivity contribution in [1.82, 2.24) is 9.97 Å². The number of aromatic nitrogens is 2. The summed E-state index contributed by atoms with van der Waals surface area (Å²) in [6.45, 7) is 1.83. The molecule has 3 rings (SSSR count). The van der Waals surface area contributed by atoms with Crippen LogP contribution in [0.2, 0.25) is 0 Å².